The first kappa shape index (κ1) is 21.6. The van der Waals surface area contributed by atoms with Crippen LogP contribution in [0.5, 0.6) is 0 Å². The minimum atomic E-state index is 0.379. The van der Waals surface area contributed by atoms with E-state index in [0.717, 1.165) is 0 Å². The van der Waals surface area contributed by atoms with Crippen molar-refractivity contribution in [2.24, 2.45) is 7.05 Å². The maximum Gasteiger partial charge on any atom is 0.220 e. The Kier molecular flexibility index (Phi) is 5.00. The summed E-state index contributed by atoms with van der Waals surface area (Å²) in [6.45, 7) is 9.01. The third kappa shape index (κ3) is 3.36. The molecule has 6 aromatic rings. The van der Waals surface area contributed by atoms with Crippen molar-refractivity contribution in [1.29, 1.82) is 0 Å². The van der Waals surface area contributed by atoms with E-state index >= 15 is 0 Å². The molecule has 172 valence electrons. The molecule has 0 saturated carbocycles. The Morgan fingerprint density at radius 3 is 2.17 bits per heavy atom. The van der Waals surface area contributed by atoms with Crippen LogP contribution in [0.1, 0.15) is 31.1 Å². The van der Waals surface area contributed by atoms with E-state index in [2.05, 4.69) is 135 Å². The number of benzene rings is 4. The highest BCUT2D eigenvalue weighted by Gasteiger charge is 2.23. The Morgan fingerprint density at radius 2 is 1.40 bits per heavy atom. The Morgan fingerprint density at radius 1 is 0.657 bits per heavy atom. The highest BCUT2D eigenvalue weighted by molar-refractivity contribution is 6.10. The number of hydrogen-bond donors (Lipinski definition) is 0. The van der Waals surface area contributed by atoms with Gasteiger partial charge in [-0.2, -0.15) is 4.57 Å². The maximum absolute atomic E-state index is 2.49. The van der Waals surface area contributed by atoms with Crippen LogP contribution in [0.25, 0.3) is 55.0 Å². The second kappa shape index (κ2) is 8.09. The van der Waals surface area contributed by atoms with Crippen molar-refractivity contribution in [1.82, 2.24) is 4.57 Å². The molecule has 2 heterocycles. The molecule has 0 aliphatic carbocycles. The fraction of sp³-hybridized carbons (Fsp3) is 0.182. The number of pyridine rings is 1. The molecule has 0 saturated heterocycles. The molecule has 0 N–H and O–H groups in total. The predicted octanol–water partition coefficient (Wildman–Crippen LogP) is 8.30. The fourth-order valence-electron chi connectivity index (χ4n) is 5.68. The maximum atomic E-state index is 2.49. The molecule has 35 heavy (non-hydrogen) atoms. The van der Waals surface area contributed by atoms with Crippen molar-refractivity contribution >= 4 is 32.6 Å². The van der Waals surface area contributed by atoms with E-state index in [1.807, 2.05) is 0 Å². The van der Waals surface area contributed by atoms with Gasteiger partial charge >= 0.3 is 0 Å². The molecule has 0 amide bonds. The average molecular weight is 456 g/mol. The molecule has 0 aliphatic heterocycles. The van der Waals surface area contributed by atoms with Gasteiger partial charge in [-0.25, -0.2) is 0 Å². The quantitative estimate of drug-likeness (QED) is 0.237. The summed E-state index contributed by atoms with van der Waals surface area (Å²) in [6, 6.07) is 33.8. The minimum absolute atomic E-state index is 0.379. The summed E-state index contributed by atoms with van der Waals surface area (Å²) in [7, 11) is 2.19. The number of fused-ring (bicyclic) bond motifs is 4. The Labute approximate surface area is 207 Å². The summed E-state index contributed by atoms with van der Waals surface area (Å²) in [5.74, 6) is 0. The molecule has 0 unspecified atom stereocenters. The molecular formula is C33H31N2+. The van der Waals surface area contributed by atoms with E-state index in [9.17, 15) is 0 Å². The first-order chi connectivity index (χ1) is 16.9. The van der Waals surface area contributed by atoms with Crippen LogP contribution in [0.15, 0.2) is 91.0 Å². The van der Waals surface area contributed by atoms with E-state index in [-0.39, 0.29) is 0 Å². The third-order valence-corrected chi connectivity index (χ3v) is 7.47. The van der Waals surface area contributed by atoms with Crippen molar-refractivity contribution in [3.05, 3.63) is 102 Å². The van der Waals surface area contributed by atoms with Crippen LogP contribution < -0.4 is 4.57 Å². The minimum Gasteiger partial charge on any atom is -0.338 e. The summed E-state index contributed by atoms with van der Waals surface area (Å²) in [4.78, 5) is 0. The first-order valence-corrected chi connectivity index (χ1v) is 12.5. The molecule has 2 nitrogen and oxygen atoms in total. The van der Waals surface area contributed by atoms with E-state index in [1.54, 1.807) is 0 Å². The van der Waals surface area contributed by atoms with Gasteiger partial charge in [0.2, 0.25) is 5.69 Å². The van der Waals surface area contributed by atoms with Crippen LogP contribution in [0.3, 0.4) is 0 Å². The zero-order valence-corrected chi connectivity index (χ0v) is 21.1. The van der Waals surface area contributed by atoms with E-state index < -0.39 is 0 Å². The molecule has 2 heteroatoms. The number of rotatable bonds is 3. The summed E-state index contributed by atoms with van der Waals surface area (Å²) in [5, 5.41) is 5.23. The summed E-state index contributed by atoms with van der Waals surface area (Å²) >= 11 is 0. The molecule has 4 aromatic carbocycles. The fourth-order valence-corrected chi connectivity index (χ4v) is 5.68. The van der Waals surface area contributed by atoms with E-state index in [4.69, 9.17) is 0 Å². The highest BCUT2D eigenvalue weighted by atomic mass is 15.0. The van der Waals surface area contributed by atoms with Crippen molar-refractivity contribution < 1.29 is 4.57 Å². The van der Waals surface area contributed by atoms with E-state index in [1.165, 1.54) is 66.2 Å². The standard InChI is InChI=1S/C33H31N2/c1-21(2)35-31-14-10-9-13-28(31)30-17-22(3)29(20-32(30)35)33-27-16-15-25(24-11-7-6-8-12-24)19-26(27)18-23(4)34(33)5/h6-21H,1-5H3/q+1. The molecular weight excluding hydrogens is 424 g/mol. The van der Waals surface area contributed by atoms with Crippen molar-refractivity contribution in [2.75, 3.05) is 0 Å². The smallest absolute Gasteiger partial charge is 0.220 e. The molecule has 2 aromatic heterocycles. The lowest BCUT2D eigenvalue weighted by atomic mass is 9.95. The van der Waals surface area contributed by atoms with Gasteiger partial charge in [0.05, 0.1) is 16.5 Å². The molecule has 0 fully saturated rings. The lowest BCUT2D eigenvalue weighted by molar-refractivity contribution is -0.665. The van der Waals surface area contributed by atoms with Gasteiger partial charge in [-0.05, 0) is 73.2 Å². The monoisotopic (exact) mass is 455 g/mol. The Hall–Kier alpha value is -3.91. The number of para-hydroxylation sites is 1. The van der Waals surface area contributed by atoms with Gasteiger partial charge in [0.1, 0.15) is 7.05 Å². The van der Waals surface area contributed by atoms with Crippen LogP contribution in [-0.4, -0.2) is 4.57 Å². The van der Waals surface area contributed by atoms with Crippen molar-refractivity contribution in [3.63, 3.8) is 0 Å². The lowest BCUT2D eigenvalue weighted by Gasteiger charge is -2.14. The molecule has 0 radical (unpaired) electrons. The lowest BCUT2D eigenvalue weighted by Crippen LogP contribution is -2.35. The third-order valence-electron chi connectivity index (χ3n) is 7.47. The second-order valence-electron chi connectivity index (χ2n) is 10.0. The van der Waals surface area contributed by atoms with Crippen LogP contribution in [0.4, 0.5) is 0 Å². The molecule has 0 bridgehead atoms. The number of nitrogens with zero attached hydrogens (tertiary/aromatic N) is 2. The molecule has 0 aliphatic rings. The van der Waals surface area contributed by atoms with E-state index in [0.29, 0.717) is 6.04 Å². The van der Waals surface area contributed by atoms with Gasteiger partial charge < -0.3 is 4.57 Å². The van der Waals surface area contributed by atoms with Crippen molar-refractivity contribution in [3.8, 4) is 22.4 Å². The second-order valence-corrected chi connectivity index (χ2v) is 10.0. The normalized spacial score (nSPS) is 11.8. The van der Waals surface area contributed by atoms with Gasteiger partial charge in [-0.3, -0.25) is 0 Å². The summed E-state index contributed by atoms with van der Waals surface area (Å²) in [5.41, 5.74) is 10.2. The van der Waals surface area contributed by atoms with Crippen LogP contribution in [-0.2, 0) is 7.05 Å². The van der Waals surface area contributed by atoms with Gasteiger partial charge in [-0.15, -0.1) is 0 Å². The van der Waals surface area contributed by atoms with Gasteiger partial charge in [0.15, 0.2) is 5.69 Å². The molecule has 0 spiro atoms. The zero-order valence-electron chi connectivity index (χ0n) is 21.1. The number of aromatic nitrogens is 2. The molecule has 6 rings (SSSR count). The van der Waals surface area contributed by atoms with Crippen LogP contribution in [0, 0.1) is 13.8 Å². The Balaban J connectivity index is 1.66. The SMILES string of the molecule is Cc1cc2c3ccccc3n(C(C)C)c2cc1-c1c2ccc(-c3ccccc3)cc2cc(C)[n+]1C. The summed E-state index contributed by atoms with van der Waals surface area (Å²) in [6.07, 6.45) is 0. The largest absolute Gasteiger partial charge is 0.338 e. The Bertz CT molecular complexity index is 1740. The van der Waals surface area contributed by atoms with Crippen molar-refractivity contribution in [2.45, 2.75) is 33.7 Å². The average Bonchev–Trinajstić information content (AvgIpc) is 3.18. The predicted molar refractivity (Wildman–Crippen MR) is 149 cm³/mol. The van der Waals surface area contributed by atoms with Gasteiger partial charge in [-0.1, -0.05) is 54.6 Å². The number of hydrogen-bond acceptors (Lipinski definition) is 0. The highest BCUT2D eigenvalue weighted by Crippen LogP contribution is 2.38. The van der Waals surface area contributed by atoms with Crippen LogP contribution >= 0.6 is 0 Å². The number of aryl methyl sites for hydroxylation is 2. The first-order valence-electron chi connectivity index (χ1n) is 12.5. The van der Waals surface area contributed by atoms with Gasteiger partial charge in [0, 0.05) is 35.3 Å². The topological polar surface area (TPSA) is 8.81 Å². The van der Waals surface area contributed by atoms with Gasteiger partial charge in [0.25, 0.3) is 0 Å². The van der Waals surface area contributed by atoms with Crippen LogP contribution in [0.2, 0.25) is 0 Å². The molecule has 0 atom stereocenters. The summed E-state index contributed by atoms with van der Waals surface area (Å²) < 4.78 is 4.83. The zero-order chi connectivity index (χ0) is 24.3.